The molecular formula is C26H19F3N2O2. The Balaban J connectivity index is 1.75. The number of alkyl halides is 3. The van der Waals surface area contributed by atoms with Crippen molar-refractivity contribution in [1.29, 1.82) is 0 Å². The lowest BCUT2D eigenvalue weighted by molar-refractivity contribution is -0.137. The molecule has 0 atom stereocenters. The molecular weight excluding hydrogens is 429 g/mol. The maximum atomic E-state index is 13.8. The number of rotatable bonds is 3. The third-order valence-corrected chi connectivity index (χ3v) is 4.98. The second-order valence-electron chi connectivity index (χ2n) is 7.38. The Morgan fingerprint density at radius 2 is 1.76 bits per heavy atom. The van der Waals surface area contributed by atoms with Gasteiger partial charge in [-0.1, -0.05) is 47.7 Å². The van der Waals surface area contributed by atoms with Gasteiger partial charge in [-0.25, -0.2) is 4.99 Å². The van der Waals surface area contributed by atoms with Crippen LogP contribution in [0.25, 0.3) is 0 Å². The number of aliphatic imine (C=N–C) groups is 1. The van der Waals surface area contributed by atoms with E-state index in [1.807, 2.05) is 19.1 Å². The van der Waals surface area contributed by atoms with Gasteiger partial charge in [-0.05, 0) is 43.3 Å². The highest BCUT2D eigenvalue weighted by Gasteiger charge is 2.36. The Labute approximate surface area is 189 Å². The second kappa shape index (κ2) is 9.21. The molecule has 1 N–H and O–H groups in total. The first kappa shape index (κ1) is 22.2. The maximum absolute atomic E-state index is 13.8. The summed E-state index contributed by atoms with van der Waals surface area (Å²) in [7, 11) is 0. The van der Waals surface area contributed by atoms with Gasteiger partial charge in [-0.2, -0.15) is 13.2 Å². The highest BCUT2D eigenvalue weighted by Crippen LogP contribution is 2.34. The van der Waals surface area contributed by atoms with Crippen molar-refractivity contribution in [3.63, 3.8) is 0 Å². The molecule has 166 valence electrons. The average molecular weight is 448 g/mol. The number of halogens is 3. The van der Waals surface area contributed by atoms with Gasteiger partial charge in [0.25, 0.3) is 5.91 Å². The van der Waals surface area contributed by atoms with Crippen molar-refractivity contribution < 1.29 is 22.7 Å². The maximum Gasteiger partial charge on any atom is 0.417 e. The molecule has 0 radical (unpaired) electrons. The van der Waals surface area contributed by atoms with E-state index in [1.165, 1.54) is 12.1 Å². The third-order valence-electron chi connectivity index (χ3n) is 4.98. The number of para-hydroxylation sites is 1. The molecule has 0 saturated carbocycles. The molecule has 1 aliphatic rings. The summed E-state index contributed by atoms with van der Waals surface area (Å²) in [5.41, 5.74) is 0.865. The van der Waals surface area contributed by atoms with Gasteiger partial charge in [0.15, 0.2) is 0 Å². The van der Waals surface area contributed by atoms with Crippen molar-refractivity contribution in [1.82, 2.24) is 0 Å². The molecule has 1 aliphatic heterocycles. The van der Waals surface area contributed by atoms with E-state index < -0.39 is 23.2 Å². The van der Waals surface area contributed by atoms with Crippen LogP contribution in [0.3, 0.4) is 0 Å². The van der Waals surface area contributed by atoms with Crippen molar-refractivity contribution >= 4 is 17.5 Å². The van der Waals surface area contributed by atoms with Gasteiger partial charge >= 0.3 is 6.18 Å². The first-order chi connectivity index (χ1) is 15.8. The van der Waals surface area contributed by atoms with Crippen LogP contribution in [0.5, 0.6) is 0 Å². The van der Waals surface area contributed by atoms with E-state index in [2.05, 4.69) is 22.2 Å². The smallest absolute Gasteiger partial charge is 0.417 e. The fourth-order valence-corrected chi connectivity index (χ4v) is 3.38. The summed E-state index contributed by atoms with van der Waals surface area (Å²) in [5, 5.41) is 2.59. The van der Waals surface area contributed by atoms with E-state index in [-0.39, 0.29) is 5.56 Å². The normalized spacial score (nSPS) is 12.9. The number of hydrogen-bond acceptors (Lipinski definition) is 3. The van der Waals surface area contributed by atoms with E-state index in [0.717, 1.165) is 11.6 Å². The predicted molar refractivity (Wildman–Crippen MR) is 120 cm³/mol. The molecule has 0 saturated heterocycles. The Bertz CT molecular complexity index is 1280. The number of carbonyl (C=O) groups is 1. The number of anilines is 1. The molecule has 3 aromatic carbocycles. The molecule has 3 aromatic rings. The SMILES string of the molecule is Cc1ccc(C#Cc2cccc(C(F)(F)F)c2C(=O)Nc2ccccc2C2=NCCO2)cc1. The predicted octanol–water partition coefficient (Wildman–Crippen LogP) is 5.44. The number of nitrogens with one attached hydrogen (secondary N) is 1. The molecule has 33 heavy (non-hydrogen) atoms. The van der Waals surface area contributed by atoms with Crippen molar-refractivity contribution in [3.8, 4) is 11.8 Å². The van der Waals surface area contributed by atoms with Crippen LogP contribution in [0.15, 0.2) is 71.7 Å². The van der Waals surface area contributed by atoms with Gasteiger partial charge in [-0.15, -0.1) is 0 Å². The van der Waals surface area contributed by atoms with Gasteiger partial charge in [0.2, 0.25) is 5.90 Å². The summed E-state index contributed by atoms with van der Waals surface area (Å²) in [6.07, 6.45) is -4.73. The molecule has 0 unspecified atom stereocenters. The number of benzene rings is 3. The lowest BCUT2D eigenvalue weighted by atomic mass is 9.99. The third kappa shape index (κ3) is 5.07. The highest BCUT2D eigenvalue weighted by molar-refractivity contribution is 6.11. The molecule has 4 nitrogen and oxygen atoms in total. The number of ether oxygens (including phenoxy) is 1. The number of hydrogen-bond donors (Lipinski definition) is 1. The zero-order valence-corrected chi connectivity index (χ0v) is 17.7. The summed E-state index contributed by atoms with van der Waals surface area (Å²) < 4.78 is 46.8. The van der Waals surface area contributed by atoms with Gasteiger partial charge in [0.05, 0.1) is 28.9 Å². The van der Waals surface area contributed by atoms with Crippen LogP contribution in [0.2, 0.25) is 0 Å². The van der Waals surface area contributed by atoms with Crippen molar-refractivity contribution in [2.45, 2.75) is 13.1 Å². The van der Waals surface area contributed by atoms with Crippen LogP contribution in [-0.2, 0) is 10.9 Å². The number of amides is 1. The van der Waals surface area contributed by atoms with Crippen LogP contribution in [-0.4, -0.2) is 25.0 Å². The van der Waals surface area contributed by atoms with Crippen LogP contribution in [0.4, 0.5) is 18.9 Å². The molecule has 1 amide bonds. The summed E-state index contributed by atoms with van der Waals surface area (Å²) in [5.74, 6) is 5.01. The van der Waals surface area contributed by atoms with Gasteiger partial charge in [0, 0.05) is 11.1 Å². The molecule has 4 rings (SSSR count). The highest BCUT2D eigenvalue weighted by atomic mass is 19.4. The van der Waals surface area contributed by atoms with E-state index in [1.54, 1.807) is 36.4 Å². The lowest BCUT2D eigenvalue weighted by Crippen LogP contribution is -2.21. The Hall–Kier alpha value is -4.05. The molecule has 0 spiro atoms. The van der Waals surface area contributed by atoms with Gasteiger partial charge in [0.1, 0.15) is 6.61 Å². The van der Waals surface area contributed by atoms with Crippen molar-refractivity contribution in [2.24, 2.45) is 4.99 Å². The van der Waals surface area contributed by atoms with Crippen molar-refractivity contribution in [3.05, 3.63) is 100 Å². The zero-order valence-electron chi connectivity index (χ0n) is 17.7. The standard InChI is InChI=1S/C26H19F3N2O2/c1-17-9-11-18(12-10-17)13-14-19-5-4-7-21(26(27,28)29)23(19)24(32)31-22-8-3-2-6-20(22)25-30-15-16-33-25/h2-12H,15-16H2,1H3,(H,31,32). The quantitative estimate of drug-likeness (QED) is 0.543. The molecule has 0 aliphatic carbocycles. The van der Waals surface area contributed by atoms with Crippen LogP contribution in [0, 0.1) is 18.8 Å². The fraction of sp³-hybridized carbons (Fsp3) is 0.154. The molecule has 0 aromatic heterocycles. The van der Waals surface area contributed by atoms with Gasteiger partial charge in [-0.3, -0.25) is 4.79 Å². The van der Waals surface area contributed by atoms with Crippen LogP contribution < -0.4 is 5.32 Å². The first-order valence-corrected chi connectivity index (χ1v) is 10.2. The van der Waals surface area contributed by atoms with E-state index in [4.69, 9.17) is 4.74 Å². The Morgan fingerprint density at radius 1 is 1.00 bits per heavy atom. The van der Waals surface area contributed by atoms with E-state index in [0.29, 0.717) is 35.9 Å². The molecule has 1 heterocycles. The largest absolute Gasteiger partial charge is 0.475 e. The second-order valence-corrected chi connectivity index (χ2v) is 7.38. The number of carbonyl (C=O) groups excluding carboxylic acids is 1. The summed E-state index contributed by atoms with van der Waals surface area (Å²) in [6.45, 7) is 2.81. The number of aryl methyl sites for hydroxylation is 1. The molecule has 0 fully saturated rings. The fourth-order valence-electron chi connectivity index (χ4n) is 3.38. The van der Waals surface area contributed by atoms with Gasteiger partial charge < -0.3 is 10.1 Å². The minimum atomic E-state index is -4.73. The summed E-state index contributed by atoms with van der Waals surface area (Å²) >= 11 is 0. The lowest BCUT2D eigenvalue weighted by Gasteiger charge is -2.16. The van der Waals surface area contributed by atoms with Crippen LogP contribution >= 0.6 is 0 Å². The average Bonchev–Trinajstić information content (AvgIpc) is 3.33. The summed E-state index contributed by atoms with van der Waals surface area (Å²) in [6, 6.07) is 17.5. The van der Waals surface area contributed by atoms with E-state index in [9.17, 15) is 18.0 Å². The minimum absolute atomic E-state index is 0.0187. The topological polar surface area (TPSA) is 50.7 Å². The Kier molecular flexibility index (Phi) is 6.18. The monoisotopic (exact) mass is 448 g/mol. The first-order valence-electron chi connectivity index (χ1n) is 10.2. The molecule has 7 heteroatoms. The zero-order chi connectivity index (χ0) is 23.4. The summed E-state index contributed by atoms with van der Waals surface area (Å²) in [4.78, 5) is 17.4. The molecule has 0 bridgehead atoms. The van der Waals surface area contributed by atoms with Crippen LogP contribution in [0.1, 0.15) is 38.2 Å². The minimum Gasteiger partial charge on any atom is -0.475 e. The number of nitrogens with zero attached hydrogens (tertiary/aromatic N) is 1. The van der Waals surface area contributed by atoms with Crippen molar-refractivity contribution in [2.75, 3.05) is 18.5 Å². The Morgan fingerprint density at radius 3 is 2.45 bits per heavy atom. The van der Waals surface area contributed by atoms with E-state index >= 15 is 0 Å².